The lowest BCUT2D eigenvalue weighted by Crippen LogP contribution is -2.60. The van der Waals surface area contributed by atoms with Crippen molar-refractivity contribution in [3.8, 4) is 0 Å². The number of hydrogen-bond donors (Lipinski definition) is 9. The van der Waals surface area contributed by atoms with Gasteiger partial charge in [-0.3, -0.25) is 38.6 Å². The molecule has 6 aliphatic rings. The molecule has 6 amide bonds. The molecule has 33 heteroatoms. The van der Waals surface area contributed by atoms with E-state index in [-0.39, 0.29) is 41.5 Å². The van der Waals surface area contributed by atoms with Crippen molar-refractivity contribution < 1.29 is 28.8 Å². The number of rotatable bonds is 16. The van der Waals surface area contributed by atoms with Crippen molar-refractivity contribution in [2.45, 2.75) is 142 Å². The first kappa shape index (κ1) is 84.1. The fraction of sp³-hybridized carbons (Fsp3) is 0.374. The van der Waals surface area contributed by atoms with Crippen LogP contribution in [0.25, 0.3) is 16.9 Å². The number of likely N-dealkylation sites (N-methyl/N-ethyl adjacent to an activating group) is 2. The van der Waals surface area contributed by atoms with Gasteiger partial charge in [0, 0.05) is 155 Å². The van der Waals surface area contributed by atoms with E-state index in [0.29, 0.717) is 112 Å². The summed E-state index contributed by atoms with van der Waals surface area (Å²) in [5.74, 6) is 2.72. The number of aryl methyl sites for hydroxylation is 3. The second kappa shape index (κ2) is 38.7. The summed E-state index contributed by atoms with van der Waals surface area (Å²) < 4.78 is 5.07. The molecule has 124 heavy (non-hydrogen) atoms. The zero-order valence-electron chi connectivity index (χ0n) is 71.0. The summed E-state index contributed by atoms with van der Waals surface area (Å²) in [6.07, 6.45) is 16.7. The Morgan fingerprint density at radius 3 is 1.11 bits per heavy atom. The molecule has 0 spiro atoms. The van der Waals surface area contributed by atoms with E-state index in [4.69, 9.17) is 29.9 Å². The summed E-state index contributed by atoms with van der Waals surface area (Å²) in [7, 11) is 4.02. The minimum absolute atomic E-state index is 0.000211. The molecule has 3 saturated heterocycles. The topological polar surface area (TPSA) is 359 Å². The first-order chi connectivity index (χ1) is 60.4. The SMILES string of the molecule is CCN(CC)C1CCN(C(=O)c2cccc(Nc3nc4nc5c(cnn35)CCCCC(=O)Nc3cccc(c3)N4)c2)C1.CCN(CC)C1CN(C(=O)c2cccc(Nc3nc4nc5c(cnn35)CCCCC(=O)Nc3cccc(c3)N4)c2)C1.CN1CCC(N(C)C(=O)c2cccc(Nc3nc4nc5c(cnn35)CCCCC(=O)Nc3cccc(c3)N4)c2)CC1. The maximum Gasteiger partial charge on any atom is 0.254 e. The molecule has 3 fully saturated rings. The Hall–Kier alpha value is -13.5. The number of anilines is 15. The van der Waals surface area contributed by atoms with Gasteiger partial charge in [0.15, 0.2) is 16.9 Å². The van der Waals surface area contributed by atoms with Crippen LogP contribution in [0.3, 0.4) is 0 Å². The van der Waals surface area contributed by atoms with Crippen LogP contribution in [0, 0.1) is 0 Å². The fourth-order valence-corrected chi connectivity index (χ4v) is 16.8. The molecule has 6 aromatic carbocycles. The van der Waals surface area contributed by atoms with Crippen LogP contribution in [0.15, 0.2) is 164 Å². The number of aromatic nitrogens is 12. The molecule has 0 radical (unpaired) electrons. The molecule has 642 valence electrons. The standard InChI is InChI=1S/C31H37N9O2.2C30H35N9O2/c1-3-38(4-2)26-15-16-39(20-26)29(42)21-10-7-11-23(17-21)35-31-37-30-34-25-13-8-12-24(18-25)33-27(41)14-6-5-9-22-19-32-40(31)28(22)36-30;1-37-15-13-25(14-16-37)38(2)28(41)20-8-5-9-22(17-20)34-30-36-29-33-24-11-6-10-23(18-24)32-26(40)12-4-3-7-21-19-31-39(30)27(21)35-29;1-3-37(4-2)25-18-38(19-25)28(41)20-10-7-11-22(15-20)34-30-36-29-33-24-13-8-12-23(16-24)32-26(40)14-6-5-9-21-17-31-39(30)27(21)35-29/h7-8,10-13,17-19,26H,3-6,9,14-16,20H2,1-2H3,(H,33,41)(H2,34,35,36,37);5-6,8-11,17-19,25H,3-4,7,12-16H2,1-2H3,(H,32,40)(H2,33,34,35,36);7-8,10-13,15-17,25H,3-6,9,14,18-19H2,1-2H3,(H,32,40)(H2,33,34,35,36). The normalized spacial score (nSPS) is 16.5. The molecule has 1 atom stereocenters. The van der Waals surface area contributed by atoms with Gasteiger partial charge in [-0.2, -0.15) is 58.7 Å². The van der Waals surface area contributed by atoms with Crippen molar-refractivity contribution in [1.82, 2.24) is 88.1 Å². The highest BCUT2D eigenvalue weighted by atomic mass is 16.2. The number of carbonyl (C=O) groups excluding carboxylic acids is 6. The van der Waals surface area contributed by atoms with Crippen molar-refractivity contribution in [3.05, 3.63) is 198 Å². The molecule has 6 aliphatic heterocycles. The number of fused-ring (bicyclic) bond motifs is 9. The second-order valence-electron chi connectivity index (χ2n) is 32.3. The van der Waals surface area contributed by atoms with Crippen LogP contribution in [0.1, 0.15) is 153 Å². The van der Waals surface area contributed by atoms with Crippen LogP contribution in [-0.4, -0.2) is 221 Å². The summed E-state index contributed by atoms with van der Waals surface area (Å²) in [5.41, 5.74) is 13.5. The highest BCUT2D eigenvalue weighted by molar-refractivity contribution is 5.98. The third kappa shape index (κ3) is 20.1. The lowest BCUT2D eigenvalue weighted by atomic mass is 10.0. The van der Waals surface area contributed by atoms with Crippen LogP contribution in [0.5, 0.6) is 0 Å². The maximum absolute atomic E-state index is 13.4. The third-order valence-corrected chi connectivity index (χ3v) is 23.7. The van der Waals surface area contributed by atoms with E-state index in [9.17, 15) is 28.8 Å². The Morgan fingerprint density at radius 2 is 0.718 bits per heavy atom. The van der Waals surface area contributed by atoms with E-state index >= 15 is 0 Å². The van der Waals surface area contributed by atoms with Crippen LogP contribution in [0.4, 0.5) is 86.9 Å². The van der Waals surface area contributed by atoms with E-state index in [0.717, 1.165) is 199 Å². The molecule has 12 heterocycles. The first-order valence-electron chi connectivity index (χ1n) is 43.3. The van der Waals surface area contributed by atoms with Crippen molar-refractivity contribution in [2.75, 3.05) is 127 Å². The largest absolute Gasteiger partial charge is 0.339 e. The predicted octanol–water partition coefficient (Wildman–Crippen LogP) is 13.7. The van der Waals surface area contributed by atoms with Gasteiger partial charge in [-0.1, -0.05) is 64.1 Å². The average Bonchev–Trinajstić information content (AvgIpc) is 1.63. The molecule has 12 bridgehead atoms. The number of carbonyl (C=O) groups is 6. The highest BCUT2D eigenvalue weighted by Gasteiger charge is 2.35. The van der Waals surface area contributed by atoms with Gasteiger partial charge in [0.05, 0.1) is 18.6 Å². The Balaban J connectivity index is 0.000000137. The van der Waals surface area contributed by atoms with Crippen LogP contribution in [0.2, 0.25) is 0 Å². The van der Waals surface area contributed by atoms with Crippen LogP contribution >= 0.6 is 0 Å². The molecular formula is C91H107N27O6. The van der Waals surface area contributed by atoms with E-state index < -0.39 is 0 Å². The molecule has 6 aromatic heterocycles. The molecule has 0 aliphatic carbocycles. The lowest BCUT2D eigenvalue weighted by Gasteiger charge is -2.45. The molecule has 9 N–H and O–H groups in total. The Bertz CT molecular complexity index is 5870. The molecule has 12 aromatic rings. The fourth-order valence-electron chi connectivity index (χ4n) is 16.8. The van der Waals surface area contributed by atoms with Gasteiger partial charge < -0.3 is 67.5 Å². The number of piperidine rings is 1. The molecular weight excluding hydrogens is 1570 g/mol. The maximum atomic E-state index is 13.4. The molecule has 33 nitrogen and oxygen atoms in total. The van der Waals surface area contributed by atoms with Gasteiger partial charge in [0.1, 0.15) is 0 Å². The lowest BCUT2D eigenvalue weighted by molar-refractivity contribution is -0.117. The van der Waals surface area contributed by atoms with Gasteiger partial charge in [-0.05, 0) is 233 Å². The summed E-state index contributed by atoms with van der Waals surface area (Å²) in [4.78, 5) is 119. The average molecular weight is 1680 g/mol. The van der Waals surface area contributed by atoms with Crippen molar-refractivity contribution in [3.63, 3.8) is 0 Å². The summed E-state index contributed by atoms with van der Waals surface area (Å²) in [6.45, 7) is 17.6. The zero-order chi connectivity index (χ0) is 85.7. The minimum Gasteiger partial charge on any atom is -0.339 e. The van der Waals surface area contributed by atoms with Gasteiger partial charge in [-0.25, -0.2) is 0 Å². The third-order valence-electron chi connectivity index (χ3n) is 23.7. The number of nitrogens with zero attached hydrogens (tertiary/aromatic N) is 18. The van der Waals surface area contributed by atoms with E-state index in [2.05, 4.69) is 113 Å². The Kier molecular flexibility index (Phi) is 26.2. The van der Waals surface area contributed by atoms with Crippen LogP contribution in [-0.2, 0) is 33.6 Å². The summed E-state index contributed by atoms with van der Waals surface area (Å²) in [5, 5.41) is 42.6. The van der Waals surface area contributed by atoms with Crippen molar-refractivity contribution in [1.29, 1.82) is 0 Å². The van der Waals surface area contributed by atoms with Gasteiger partial charge in [-0.15, -0.1) is 0 Å². The molecule has 18 rings (SSSR count). The van der Waals surface area contributed by atoms with E-state index in [1.54, 1.807) is 13.5 Å². The monoisotopic (exact) mass is 1670 g/mol. The van der Waals surface area contributed by atoms with E-state index in [1.165, 1.54) is 0 Å². The molecule has 1 unspecified atom stereocenters. The van der Waals surface area contributed by atoms with Gasteiger partial charge >= 0.3 is 0 Å². The summed E-state index contributed by atoms with van der Waals surface area (Å²) in [6, 6.07) is 46.1. The minimum atomic E-state index is -0.00105. The molecule has 0 saturated carbocycles. The Labute approximate surface area is 719 Å². The van der Waals surface area contributed by atoms with Crippen molar-refractivity contribution >= 4 is 139 Å². The Morgan fingerprint density at radius 1 is 0.387 bits per heavy atom. The highest BCUT2D eigenvalue weighted by Crippen LogP contribution is 2.33. The predicted molar refractivity (Wildman–Crippen MR) is 482 cm³/mol. The number of benzene rings is 6. The summed E-state index contributed by atoms with van der Waals surface area (Å²) >= 11 is 0. The van der Waals surface area contributed by atoms with E-state index in [1.807, 2.05) is 186 Å². The second-order valence-corrected chi connectivity index (χ2v) is 32.3. The van der Waals surface area contributed by atoms with Crippen LogP contribution < -0.4 is 47.9 Å². The van der Waals surface area contributed by atoms with Gasteiger partial charge in [0.25, 0.3) is 17.7 Å². The number of amides is 6. The first-order valence-corrected chi connectivity index (χ1v) is 43.3. The zero-order valence-corrected chi connectivity index (χ0v) is 71.0. The smallest absolute Gasteiger partial charge is 0.254 e. The quantitative estimate of drug-likeness (QED) is 0.0434. The number of hydrogen-bond acceptors (Lipinski definition) is 24. The van der Waals surface area contributed by atoms with Gasteiger partial charge in [0.2, 0.25) is 53.4 Å². The van der Waals surface area contributed by atoms with Crippen molar-refractivity contribution in [2.24, 2.45) is 0 Å². The number of nitrogens with one attached hydrogen (secondary N) is 9. The number of likely N-dealkylation sites (tertiary alicyclic amines) is 3.